The first-order valence-corrected chi connectivity index (χ1v) is 10.7. The molecule has 3 aromatic rings. The Balaban J connectivity index is 1.71. The van der Waals surface area contributed by atoms with E-state index < -0.39 is 27.7 Å². The third kappa shape index (κ3) is 5.22. The number of fused-ring (bicyclic) bond motifs is 1. The van der Waals surface area contributed by atoms with Crippen molar-refractivity contribution in [2.24, 2.45) is 0 Å². The summed E-state index contributed by atoms with van der Waals surface area (Å²) in [7, 11) is -0.993. The van der Waals surface area contributed by atoms with Crippen molar-refractivity contribution in [3.05, 3.63) is 64.5 Å². The summed E-state index contributed by atoms with van der Waals surface area (Å²) in [6.07, 6.45) is 0. The molecule has 9 nitrogen and oxygen atoms in total. The maximum Gasteiger partial charge on any atom is 0.336 e. The largest absolute Gasteiger partial charge is 0.497 e. The van der Waals surface area contributed by atoms with Crippen molar-refractivity contribution in [1.29, 1.82) is 0 Å². The number of methoxy groups -OCH3 is 2. The van der Waals surface area contributed by atoms with Gasteiger partial charge >= 0.3 is 11.6 Å². The van der Waals surface area contributed by atoms with Gasteiger partial charge in [0.1, 0.15) is 29.7 Å². The molecule has 0 bridgehead atoms. The highest BCUT2D eigenvalue weighted by atomic mass is 32.2. The minimum absolute atomic E-state index is 0.0199. The SMILES string of the molecule is COc1ccc(S(=O)(=O)NC(C)C(=O)OCc2cc(=O)oc3cc(OC)ccc23)cc1. The van der Waals surface area contributed by atoms with Gasteiger partial charge in [-0.05, 0) is 43.3 Å². The Bertz CT molecular complexity index is 1250. The summed E-state index contributed by atoms with van der Waals surface area (Å²) in [5.74, 6) is 0.210. The van der Waals surface area contributed by atoms with Crippen LogP contribution < -0.4 is 19.8 Å². The van der Waals surface area contributed by atoms with E-state index in [0.29, 0.717) is 22.4 Å². The van der Waals surface area contributed by atoms with Gasteiger partial charge in [0.05, 0.1) is 19.1 Å². The molecule has 0 saturated heterocycles. The van der Waals surface area contributed by atoms with Gasteiger partial charge in [0, 0.05) is 23.1 Å². The molecule has 0 saturated carbocycles. The number of hydrogen-bond acceptors (Lipinski definition) is 8. The molecule has 0 spiro atoms. The van der Waals surface area contributed by atoms with Crippen LogP contribution in [0.5, 0.6) is 11.5 Å². The smallest absolute Gasteiger partial charge is 0.336 e. The van der Waals surface area contributed by atoms with E-state index in [-0.39, 0.29) is 17.1 Å². The van der Waals surface area contributed by atoms with Crippen molar-refractivity contribution < 1.29 is 31.8 Å². The number of carbonyl (C=O) groups excluding carboxylic acids is 1. The predicted molar refractivity (Wildman–Crippen MR) is 112 cm³/mol. The number of ether oxygens (including phenoxy) is 3. The molecule has 0 aliphatic heterocycles. The highest BCUT2D eigenvalue weighted by molar-refractivity contribution is 7.89. The highest BCUT2D eigenvalue weighted by Gasteiger charge is 2.23. The first-order chi connectivity index (χ1) is 14.7. The van der Waals surface area contributed by atoms with Crippen LogP contribution in [0.15, 0.2) is 62.6 Å². The quantitative estimate of drug-likeness (QED) is 0.412. The lowest BCUT2D eigenvalue weighted by atomic mass is 10.1. The summed E-state index contributed by atoms with van der Waals surface area (Å²) < 4.78 is 47.7. The number of benzene rings is 2. The maximum atomic E-state index is 12.5. The normalized spacial score (nSPS) is 12.4. The first-order valence-electron chi connectivity index (χ1n) is 9.17. The molecule has 1 unspecified atom stereocenters. The molecule has 31 heavy (non-hydrogen) atoms. The van der Waals surface area contributed by atoms with Gasteiger partial charge in [-0.3, -0.25) is 4.79 Å². The average Bonchev–Trinajstić information content (AvgIpc) is 2.76. The fraction of sp³-hybridized carbons (Fsp3) is 0.238. The molecule has 0 amide bonds. The molecular formula is C21H21NO8S. The second-order valence-electron chi connectivity index (χ2n) is 6.58. The summed E-state index contributed by atoms with van der Waals surface area (Å²) in [5, 5.41) is 0.569. The fourth-order valence-corrected chi connectivity index (χ4v) is 4.03. The summed E-state index contributed by atoms with van der Waals surface area (Å²) in [5.41, 5.74) is 0.0960. The zero-order chi connectivity index (χ0) is 22.6. The van der Waals surface area contributed by atoms with Gasteiger partial charge in [-0.15, -0.1) is 0 Å². The first kappa shape index (κ1) is 22.3. The Morgan fingerprint density at radius 1 is 1.03 bits per heavy atom. The number of hydrogen-bond donors (Lipinski definition) is 1. The van der Waals surface area contributed by atoms with E-state index in [4.69, 9.17) is 18.6 Å². The summed E-state index contributed by atoms with van der Waals surface area (Å²) >= 11 is 0. The van der Waals surface area contributed by atoms with E-state index in [9.17, 15) is 18.0 Å². The van der Waals surface area contributed by atoms with Gasteiger partial charge in [-0.25, -0.2) is 13.2 Å². The van der Waals surface area contributed by atoms with Crippen LogP contribution in [0, 0.1) is 0 Å². The van der Waals surface area contributed by atoms with Gasteiger partial charge in [-0.2, -0.15) is 4.72 Å². The Labute approximate surface area is 178 Å². The molecule has 10 heteroatoms. The molecule has 2 aromatic carbocycles. The second kappa shape index (κ2) is 9.19. The standard InChI is InChI=1S/C21H21NO8S/c1-13(22-31(25,26)17-7-4-15(27-2)5-8-17)21(24)29-12-14-10-20(23)30-19-11-16(28-3)6-9-18(14)19/h4-11,13,22H,12H2,1-3H3. The molecule has 0 radical (unpaired) electrons. The number of nitrogens with one attached hydrogen (secondary N) is 1. The predicted octanol–water partition coefficient (Wildman–Crippen LogP) is 2.22. The Morgan fingerprint density at radius 2 is 1.68 bits per heavy atom. The lowest BCUT2D eigenvalue weighted by Gasteiger charge is -2.14. The molecule has 0 aliphatic rings. The number of carbonyl (C=O) groups is 1. The topological polar surface area (TPSA) is 121 Å². The van der Waals surface area contributed by atoms with E-state index in [1.807, 2.05) is 0 Å². The van der Waals surface area contributed by atoms with Gasteiger partial charge in [0.2, 0.25) is 10.0 Å². The van der Waals surface area contributed by atoms with E-state index in [2.05, 4.69) is 4.72 Å². The third-order valence-corrected chi connectivity index (χ3v) is 6.02. The zero-order valence-electron chi connectivity index (χ0n) is 17.1. The summed E-state index contributed by atoms with van der Waals surface area (Å²) in [6, 6.07) is 10.7. The van der Waals surface area contributed by atoms with Crippen LogP contribution in [-0.2, 0) is 26.2 Å². The van der Waals surface area contributed by atoms with Crippen molar-refractivity contribution >= 4 is 27.0 Å². The van der Waals surface area contributed by atoms with Crippen molar-refractivity contribution in [2.45, 2.75) is 24.5 Å². The van der Waals surface area contributed by atoms with Gasteiger partial charge in [-0.1, -0.05) is 0 Å². The van der Waals surface area contributed by atoms with Crippen LogP contribution in [0.25, 0.3) is 11.0 Å². The van der Waals surface area contributed by atoms with Crippen molar-refractivity contribution in [3.8, 4) is 11.5 Å². The van der Waals surface area contributed by atoms with E-state index >= 15 is 0 Å². The molecule has 1 aromatic heterocycles. The monoisotopic (exact) mass is 447 g/mol. The number of rotatable bonds is 8. The lowest BCUT2D eigenvalue weighted by Crippen LogP contribution is -2.39. The Kier molecular flexibility index (Phi) is 6.62. The third-order valence-electron chi connectivity index (χ3n) is 4.46. The molecule has 1 heterocycles. The number of sulfonamides is 1. The second-order valence-corrected chi connectivity index (χ2v) is 8.29. The van der Waals surface area contributed by atoms with Crippen LogP contribution in [-0.4, -0.2) is 34.6 Å². The molecule has 164 valence electrons. The van der Waals surface area contributed by atoms with Crippen LogP contribution in [0.3, 0.4) is 0 Å². The van der Waals surface area contributed by atoms with Crippen molar-refractivity contribution in [3.63, 3.8) is 0 Å². The fourth-order valence-electron chi connectivity index (χ4n) is 2.83. The summed E-state index contributed by atoms with van der Waals surface area (Å²) in [6.45, 7) is 1.13. The van der Waals surface area contributed by atoms with Crippen molar-refractivity contribution in [1.82, 2.24) is 4.72 Å². The van der Waals surface area contributed by atoms with Gasteiger partial charge in [0.15, 0.2) is 0 Å². The van der Waals surface area contributed by atoms with E-state index in [0.717, 1.165) is 0 Å². The van der Waals surface area contributed by atoms with Gasteiger partial charge in [0.25, 0.3) is 0 Å². The molecule has 3 rings (SSSR count). The number of esters is 1. The Hall–Kier alpha value is -3.37. The molecular weight excluding hydrogens is 426 g/mol. The highest BCUT2D eigenvalue weighted by Crippen LogP contribution is 2.23. The van der Waals surface area contributed by atoms with Crippen LogP contribution >= 0.6 is 0 Å². The summed E-state index contributed by atoms with van der Waals surface area (Å²) in [4.78, 5) is 24.2. The van der Waals surface area contributed by atoms with E-state index in [1.165, 1.54) is 51.5 Å². The van der Waals surface area contributed by atoms with E-state index in [1.54, 1.807) is 18.2 Å². The maximum absolute atomic E-state index is 12.5. The molecule has 1 atom stereocenters. The van der Waals surface area contributed by atoms with Crippen LogP contribution in [0.2, 0.25) is 0 Å². The molecule has 0 aliphatic carbocycles. The van der Waals surface area contributed by atoms with Gasteiger partial charge < -0.3 is 18.6 Å². The van der Waals surface area contributed by atoms with Crippen molar-refractivity contribution in [2.75, 3.05) is 14.2 Å². The van der Waals surface area contributed by atoms with Crippen LogP contribution in [0.4, 0.5) is 0 Å². The van der Waals surface area contributed by atoms with Crippen LogP contribution in [0.1, 0.15) is 12.5 Å². The minimum Gasteiger partial charge on any atom is -0.497 e. The lowest BCUT2D eigenvalue weighted by molar-refractivity contribution is -0.146. The molecule has 1 N–H and O–H groups in total. The molecule has 0 fully saturated rings. The Morgan fingerprint density at radius 3 is 2.32 bits per heavy atom. The zero-order valence-corrected chi connectivity index (χ0v) is 17.9. The minimum atomic E-state index is -3.95. The average molecular weight is 447 g/mol.